The number of halogens is 1. The highest BCUT2D eigenvalue weighted by molar-refractivity contribution is 5.97. The minimum atomic E-state index is -0.164. The summed E-state index contributed by atoms with van der Waals surface area (Å²) in [6.45, 7) is 1.39. The molecule has 0 heterocycles. The number of hydrogen-bond acceptors (Lipinski definition) is 3. The van der Waals surface area contributed by atoms with E-state index in [1.54, 1.807) is 6.07 Å². The molecule has 1 aromatic carbocycles. The number of anilines is 1. The monoisotopic (exact) mass is 187 g/mol. The molecule has 0 saturated heterocycles. The Morgan fingerprint density at radius 1 is 1.50 bits per heavy atom. The van der Waals surface area contributed by atoms with Gasteiger partial charge in [0.25, 0.3) is 0 Å². The van der Waals surface area contributed by atoms with E-state index in [-0.39, 0.29) is 23.9 Å². The first-order chi connectivity index (χ1) is 5.11. The minimum Gasteiger partial charge on any atom is -0.507 e. The third kappa shape index (κ3) is 2.13. The van der Waals surface area contributed by atoms with Crippen molar-refractivity contribution >= 4 is 23.9 Å². The Balaban J connectivity index is 0.00000121. The minimum absolute atomic E-state index is 0. The number of ketones is 1. The molecule has 0 atom stereocenters. The van der Waals surface area contributed by atoms with E-state index in [9.17, 15) is 4.79 Å². The molecule has 0 fully saturated rings. The van der Waals surface area contributed by atoms with Gasteiger partial charge in [0.2, 0.25) is 0 Å². The van der Waals surface area contributed by atoms with Crippen LogP contribution in [0.4, 0.5) is 5.69 Å². The number of carbonyl (C=O) groups excluding carboxylic acids is 1. The molecule has 4 heteroatoms. The lowest BCUT2D eigenvalue weighted by Crippen LogP contribution is -1.93. The van der Waals surface area contributed by atoms with Gasteiger partial charge in [-0.25, -0.2) is 0 Å². The summed E-state index contributed by atoms with van der Waals surface area (Å²) in [4.78, 5) is 10.8. The Kier molecular flexibility index (Phi) is 3.57. The summed E-state index contributed by atoms with van der Waals surface area (Å²) in [5.74, 6) is -0.222. The van der Waals surface area contributed by atoms with Crippen LogP contribution in [0.15, 0.2) is 18.2 Å². The van der Waals surface area contributed by atoms with Gasteiger partial charge in [0.15, 0.2) is 5.78 Å². The van der Waals surface area contributed by atoms with Crippen LogP contribution in [0.1, 0.15) is 17.3 Å². The molecule has 0 spiro atoms. The number of phenols is 1. The molecule has 0 saturated carbocycles. The van der Waals surface area contributed by atoms with Gasteiger partial charge in [-0.15, -0.1) is 12.4 Å². The molecule has 12 heavy (non-hydrogen) atoms. The number of nitrogens with two attached hydrogens (primary N) is 1. The van der Waals surface area contributed by atoms with Gasteiger partial charge in [0.1, 0.15) is 5.75 Å². The zero-order valence-electron chi connectivity index (χ0n) is 6.57. The second kappa shape index (κ2) is 3.97. The van der Waals surface area contributed by atoms with Gasteiger partial charge >= 0.3 is 0 Å². The normalized spacial score (nSPS) is 8.75. The summed E-state index contributed by atoms with van der Waals surface area (Å²) in [6.07, 6.45) is 0. The number of hydrogen-bond donors (Lipinski definition) is 2. The van der Waals surface area contributed by atoms with Crippen LogP contribution in [0.3, 0.4) is 0 Å². The van der Waals surface area contributed by atoms with Crippen molar-refractivity contribution < 1.29 is 9.90 Å². The first kappa shape index (κ1) is 10.8. The molecule has 0 amide bonds. The predicted molar refractivity (Wildman–Crippen MR) is 49.8 cm³/mol. The molecule has 0 aromatic heterocycles. The number of carbonyl (C=O) groups is 1. The predicted octanol–water partition coefficient (Wildman–Crippen LogP) is 1.60. The maximum Gasteiger partial charge on any atom is 0.163 e. The van der Waals surface area contributed by atoms with Gasteiger partial charge < -0.3 is 10.8 Å². The summed E-state index contributed by atoms with van der Waals surface area (Å²) in [7, 11) is 0. The standard InChI is InChI=1S/C8H9NO2.ClH/c1-5(10)7-3-2-6(9)4-8(7)11;/h2-4,11H,9H2,1H3;1H. The molecular formula is C8H10ClNO2. The maximum absolute atomic E-state index is 10.8. The van der Waals surface area contributed by atoms with Crippen LogP contribution in [-0.4, -0.2) is 10.9 Å². The summed E-state index contributed by atoms with van der Waals surface area (Å²) in [5, 5.41) is 9.16. The van der Waals surface area contributed by atoms with E-state index in [1.165, 1.54) is 19.1 Å². The van der Waals surface area contributed by atoms with Crippen molar-refractivity contribution in [3.05, 3.63) is 23.8 Å². The molecule has 0 aliphatic rings. The summed E-state index contributed by atoms with van der Waals surface area (Å²) in [5.41, 5.74) is 6.11. The maximum atomic E-state index is 10.8. The van der Waals surface area contributed by atoms with Crippen molar-refractivity contribution in [2.45, 2.75) is 6.92 Å². The third-order valence-electron chi connectivity index (χ3n) is 1.40. The second-order valence-corrected chi connectivity index (χ2v) is 2.33. The van der Waals surface area contributed by atoms with Crippen LogP contribution >= 0.6 is 12.4 Å². The van der Waals surface area contributed by atoms with Gasteiger partial charge in [-0.05, 0) is 19.1 Å². The highest BCUT2D eigenvalue weighted by Crippen LogP contribution is 2.19. The Morgan fingerprint density at radius 2 is 2.08 bits per heavy atom. The SMILES string of the molecule is CC(=O)c1ccc(N)cc1O.Cl. The number of rotatable bonds is 1. The molecule has 0 aliphatic heterocycles. The third-order valence-corrected chi connectivity index (χ3v) is 1.40. The van der Waals surface area contributed by atoms with Crippen molar-refractivity contribution in [3.8, 4) is 5.75 Å². The van der Waals surface area contributed by atoms with E-state index < -0.39 is 0 Å². The van der Waals surface area contributed by atoms with E-state index in [1.807, 2.05) is 0 Å². The largest absolute Gasteiger partial charge is 0.507 e. The van der Waals surface area contributed by atoms with Crippen LogP contribution < -0.4 is 5.73 Å². The Bertz CT molecular complexity index is 299. The van der Waals surface area contributed by atoms with Crippen LogP contribution in [0.5, 0.6) is 5.75 Å². The van der Waals surface area contributed by atoms with Crippen LogP contribution in [0, 0.1) is 0 Å². The van der Waals surface area contributed by atoms with Gasteiger partial charge in [-0.3, -0.25) is 4.79 Å². The summed E-state index contributed by atoms with van der Waals surface area (Å²) < 4.78 is 0. The summed E-state index contributed by atoms with van der Waals surface area (Å²) >= 11 is 0. The second-order valence-electron chi connectivity index (χ2n) is 2.33. The Morgan fingerprint density at radius 3 is 2.50 bits per heavy atom. The van der Waals surface area contributed by atoms with Gasteiger partial charge in [-0.1, -0.05) is 0 Å². The number of Topliss-reactive ketones (excluding diaryl/α,β-unsaturated/α-hetero) is 1. The molecular weight excluding hydrogens is 178 g/mol. The van der Waals surface area contributed by atoms with Gasteiger partial charge in [0.05, 0.1) is 5.56 Å². The lowest BCUT2D eigenvalue weighted by molar-refractivity contribution is 0.101. The number of benzene rings is 1. The van der Waals surface area contributed by atoms with E-state index in [2.05, 4.69) is 0 Å². The molecule has 66 valence electrons. The smallest absolute Gasteiger partial charge is 0.163 e. The van der Waals surface area contributed by atoms with E-state index >= 15 is 0 Å². The molecule has 3 N–H and O–H groups in total. The average Bonchev–Trinajstić information content (AvgIpc) is 1.85. The van der Waals surface area contributed by atoms with Crippen LogP contribution in [0.25, 0.3) is 0 Å². The molecule has 0 bridgehead atoms. The van der Waals surface area contributed by atoms with Gasteiger partial charge in [0, 0.05) is 11.8 Å². The number of nitrogen functional groups attached to an aromatic ring is 1. The topological polar surface area (TPSA) is 63.3 Å². The van der Waals surface area contributed by atoms with Crippen molar-refractivity contribution in [1.29, 1.82) is 0 Å². The fourth-order valence-corrected chi connectivity index (χ4v) is 0.846. The van der Waals surface area contributed by atoms with Crippen molar-refractivity contribution in [1.82, 2.24) is 0 Å². The zero-order valence-corrected chi connectivity index (χ0v) is 7.39. The highest BCUT2D eigenvalue weighted by Gasteiger charge is 2.04. The van der Waals surface area contributed by atoms with E-state index in [0.29, 0.717) is 11.3 Å². The fraction of sp³-hybridized carbons (Fsp3) is 0.125. The highest BCUT2D eigenvalue weighted by atomic mass is 35.5. The van der Waals surface area contributed by atoms with Gasteiger partial charge in [-0.2, -0.15) is 0 Å². The molecule has 1 aromatic rings. The number of aromatic hydroxyl groups is 1. The van der Waals surface area contributed by atoms with Crippen LogP contribution in [0.2, 0.25) is 0 Å². The first-order valence-corrected chi connectivity index (χ1v) is 3.20. The Hall–Kier alpha value is -1.22. The number of phenolic OH excluding ortho intramolecular Hbond substituents is 1. The molecule has 1 rings (SSSR count). The lowest BCUT2D eigenvalue weighted by Gasteiger charge is -1.99. The van der Waals surface area contributed by atoms with Crippen molar-refractivity contribution in [3.63, 3.8) is 0 Å². The van der Waals surface area contributed by atoms with Crippen molar-refractivity contribution in [2.24, 2.45) is 0 Å². The first-order valence-electron chi connectivity index (χ1n) is 3.20. The lowest BCUT2D eigenvalue weighted by atomic mass is 10.1. The Labute approximate surface area is 76.6 Å². The molecule has 3 nitrogen and oxygen atoms in total. The van der Waals surface area contributed by atoms with Crippen molar-refractivity contribution in [2.75, 3.05) is 5.73 Å². The average molecular weight is 188 g/mol. The molecule has 0 radical (unpaired) electrons. The fourth-order valence-electron chi connectivity index (χ4n) is 0.846. The van der Waals surface area contributed by atoms with E-state index in [4.69, 9.17) is 10.8 Å². The molecule has 0 unspecified atom stereocenters. The molecule has 0 aliphatic carbocycles. The zero-order chi connectivity index (χ0) is 8.43. The van der Waals surface area contributed by atoms with E-state index in [0.717, 1.165) is 0 Å². The van der Waals surface area contributed by atoms with Crippen LogP contribution in [-0.2, 0) is 0 Å². The summed E-state index contributed by atoms with van der Waals surface area (Å²) in [6, 6.07) is 4.44. The quantitative estimate of drug-likeness (QED) is 0.519.